The fourth-order valence-corrected chi connectivity index (χ4v) is 3.52. The molecule has 0 bridgehead atoms. The first kappa shape index (κ1) is 19.2. The van der Waals surface area contributed by atoms with Crippen LogP contribution in [0.4, 0.5) is 17.1 Å². The number of aryl methyl sites for hydroxylation is 1. The summed E-state index contributed by atoms with van der Waals surface area (Å²) in [5.74, 6) is 0.315. The Morgan fingerprint density at radius 1 is 1.26 bits per heavy atom. The Morgan fingerprint density at radius 3 is 2.56 bits per heavy atom. The number of benzene rings is 2. The maximum Gasteiger partial charge on any atom is 0.294 e. The summed E-state index contributed by atoms with van der Waals surface area (Å²) in [6.07, 6.45) is 1.95. The van der Waals surface area contributed by atoms with Gasteiger partial charge in [-0.1, -0.05) is 36.7 Å². The fraction of sp³-hybridized carbons (Fsp3) is 0.350. The zero-order valence-corrected chi connectivity index (χ0v) is 16.1. The molecule has 3 rings (SSSR count). The van der Waals surface area contributed by atoms with Gasteiger partial charge in [0.2, 0.25) is 0 Å². The van der Waals surface area contributed by atoms with Crippen molar-refractivity contribution in [1.29, 1.82) is 0 Å². The second-order valence-corrected chi connectivity index (χ2v) is 7.42. The molecule has 1 aliphatic rings. The largest absolute Gasteiger partial charge is 0.366 e. The second-order valence-electron chi connectivity index (χ2n) is 7.02. The summed E-state index contributed by atoms with van der Waals surface area (Å²) in [7, 11) is 0. The number of nitrogens with one attached hydrogen (secondary N) is 1. The number of nitrogens with zero attached hydrogens (tertiary/aromatic N) is 2. The number of piperidine rings is 1. The quantitative estimate of drug-likeness (QED) is 0.588. The third-order valence-corrected chi connectivity index (χ3v) is 5.34. The molecule has 1 N–H and O–H groups in total. The molecule has 2 aromatic rings. The number of carbonyl (C=O) groups excluding carboxylic acids is 1. The number of anilines is 2. The molecule has 1 saturated heterocycles. The Balaban J connectivity index is 1.94. The van der Waals surface area contributed by atoms with E-state index in [0.717, 1.165) is 31.5 Å². The first-order chi connectivity index (χ1) is 12.9. The van der Waals surface area contributed by atoms with Gasteiger partial charge in [0.25, 0.3) is 11.6 Å². The molecule has 142 valence electrons. The summed E-state index contributed by atoms with van der Waals surface area (Å²) < 4.78 is 0. The minimum absolute atomic E-state index is 0.0385. The molecule has 0 atom stereocenters. The molecule has 1 amide bonds. The zero-order chi connectivity index (χ0) is 19.6. The third kappa shape index (κ3) is 4.22. The van der Waals surface area contributed by atoms with Crippen LogP contribution in [-0.2, 0) is 0 Å². The number of rotatable bonds is 4. The van der Waals surface area contributed by atoms with E-state index in [0.29, 0.717) is 22.9 Å². The van der Waals surface area contributed by atoms with Crippen LogP contribution in [0.5, 0.6) is 0 Å². The van der Waals surface area contributed by atoms with Crippen molar-refractivity contribution >= 4 is 34.6 Å². The maximum atomic E-state index is 12.6. The smallest absolute Gasteiger partial charge is 0.294 e. The Kier molecular flexibility index (Phi) is 5.65. The van der Waals surface area contributed by atoms with Gasteiger partial charge in [-0.25, -0.2) is 0 Å². The predicted octanol–water partition coefficient (Wildman–Crippen LogP) is 5.05. The number of hydrogen-bond donors (Lipinski definition) is 1. The van der Waals surface area contributed by atoms with Crippen LogP contribution in [0.1, 0.15) is 35.7 Å². The van der Waals surface area contributed by atoms with Crippen molar-refractivity contribution in [3.63, 3.8) is 0 Å². The van der Waals surface area contributed by atoms with Crippen molar-refractivity contribution in [1.82, 2.24) is 0 Å². The Morgan fingerprint density at radius 2 is 1.93 bits per heavy atom. The monoisotopic (exact) mass is 387 g/mol. The van der Waals surface area contributed by atoms with Crippen LogP contribution < -0.4 is 10.2 Å². The van der Waals surface area contributed by atoms with Gasteiger partial charge in [-0.3, -0.25) is 14.9 Å². The van der Waals surface area contributed by atoms with Crippen LogP contribution in [0.15, 0.2) is 36.4 Å². The molecule has 0 unspecified atom stereocenters. The number of hydrogen-bond acceptors (Lipinski definition) is 4. The molecule has 1 heterocycles. The van der Waals surface area contributed by atoms with Gasteiger partial charge in [-0.2, -0.15) is 0 Å². The summed E-state index contributed by atoms with van der Waals surface area (Å²) in [5.41, 5.74) is 2.22. The van der Waals surface area contributed by atoms with E-state index in [1.165, 1.54) is 6.07 Å². The number of nitro benzene ring substituents is 1. The van der Waals surface area contributed by atoms with Crippen LogP contribution in [-0.4, -0.2) is 23.9 Å². The van der Waals surface area contributed by atoms with Crippen molar-refractivity contribution < 1.29 is 9.72 Å². The molecule has 0 radical (unpaired) electrons. The van der Waals surface area contributed by atoms with Gasteiger partial charge in [0.15, 0.2) is 0 Å². The van der Waals surface area contributed by atoms with E-state index >= 15 is 0 Å². The summed E-state index contributed by atoms with van der Waals surface area (Å²) in [6.45, 7) is 5.53. The van der Waals surface area contributed by atoms with Crippen molar-refractivity contribution in [2.75, 3.05) is 23.3 Å². The molecule has 1 aliphatic heterocycles. The number of nitro groups is 1. The lowest BCUT2D eigenvalue weighted by molar-refractivity contribution is -0.384. The van der Waals surface area contributed by atoms with Gasteiger partial charge >= 0.3 is 0 Å². The number of amides is 1. The molecular weight excluding hydrogens is 366 g/mol. The molecule has 7 heteroatoms. The Labute approximate surface area is 163 Å². The summed E-state index contributed by atoms with van der Waals surface area (Å²) >= 11 is 6.24. The van der Waals surface area contributed by atoms with Crippen LogP contribution in [0, 0.1) is 23.0 Å². The molecule has 0 saturated carbocycles. The molecule has 1 fully saturated rings. The Hall–Kier alpha value is -2.60. The lowest BCUT2D eigenvalue weighted by Gasteiger charge is -2.32. The van der Waals surface area contributed by atoms with E-state index in [-0.39, 0.29) is 16.6 Å². The molecule has 0 aliphatic carbocycles. The van der Waals surface area contributed by atoms with Crippen molar-refractivity contribution in [3.05, 3.63) is 62.7 Å². The highest BCUT2D eigenvalue weighted by Crippen LogP contribution is 2.38. The standard InChI is InChI=1S/C20H22ClN3O3/c1-13-7-9-23(10-8-13)18-12-17(16(21)11-19(18)24(26)27)22-20(25)15-6-4-3-5-14(15)2/h3-6,11-13H,7-10H2,1-2H3,(H,22,25). The highest BCUT2D eigenvalue weighted by atomic mass is 35.5. The normalized spacial score (nSPS) is 14.9. The van der Waals surface area contributed by atoms with E-state index in [1.807, 2.05) is 24.0 Å². The maximum absolute atomic E-state index is 12.6. The van der Waals surface area contributed by atoms with Gasteiger partial charge < -0.3 is 10.2 Å². The number of carbonyl (C=O) groups is 1. The first-order valence-corrected chi connectivity index (χ1v) is 9.34. The molecule has 2 aromatic carbocycles. The third-order valence-electron chi connectivity index (χ3n) is 5.02. The van der Waals surface area contributed by atoms with Crippen molar-refractivity contribution in [2.45, 2.75) is 26.7 Å². The first-order valence-electron chi connectivity index (χ1n) is 8.96. The van der Waals surface area contributed by atoms with Gasteiger partial charge in [0.1, 0.15) is 5.69 Å². The van der Waals surface area contributed by atoms with E-state index < -0.39 is 4.92 Å². The van der Waals surface area contributed by atoms with E-state index in [1.54, 1.807) is 18.2 Å². The van der Waals surface area contributed by atoms with E-state index in [4.69, 9.17) is 11.6 Å². The Bertz CT molecular complexity index is 877. The van der Waals surface area contributed by atoms with Gasteiger partial charge in [-0.05, 0) is 43.4 Å². The lowest BCUT2D eigenvalue weighted by atomic mass is 9.98. The number of halogens is 1. The van der Waals surface area contributed by atoms with Crippen molar-refractivity contribution in [2.24, 2.45) is 5.92 Å². The molecular formula is C20H22ClN3O3. The average molecular weight is 388 g/mol. The highest BCUT2D eigenvalue weighted by molar-refractivity contribution is 6.34. The van der Waals surface area contributed by atoms with Crippen LogP contribution in [0.25, 0.3) is 0 Å². The minimum atomic E-state index is -0.424. The molecule has 0 spiro atoms. The summed E-state index contributed by atoms with van der Waals surface area (Å²) in [5, 5.41) is 14.5. The lowest BCUT2D eigenvalue weighted by Crippen LogP contribution is -2.33. The zero-order valence-electron chi connectivity index (χ0n) is 15.4. The van der Waals surface area contributed by atoms with Gasteiger partial charge in [-0.15, -0.1) is 0 Å². The van der Waals surface area contributed by atoms with Gasteiger partial charge in [0, 0.05) is 24.7 Å². The second kappa shape index (κ2) is 7.96. The highest BCUT2D eigenvalue weighted by Gasteiger charge is 2.26. The molecule has 6 nitrogen and oxygen atoms in total. The predicted molar refractivity (Wildman–Crippen MR) is 108 cm³/mol. The van der Waals surface area contributed by atoms with Crippen LogP contribution in [0.3, 0.4) is 0 Å². The average Bonchev–Trinajstić information content (AvgIpc) is 2.64. The topological polar surface area (TPSA) is 75.5 Å². The molecule has 0 aromatic heterocycles. The molecule has 27 heavy (non-hydrogen) atoms. The van der Waals surface area contributed by atoms with Crippen LogP contribution in [0.2, 0.25) is 5.02 Å². The summed E-state index contributed by atoms with van der Waals surface area (Å²) in [4.78, 5) is 25.7. The van der Waals surface area contributed by atoms with Gasteiger partial charge in [0.05, 0.1) is 15.6 Å². The SMILES string of the molecule is Cc1ccccc1C(=O)Nc1cc(N2CCC(C)CC2)c([N+](=O)[O-])cc1Cl. The summed E-state index contributed by atoms with van der Waals surface area (Å²) in [6, 6.07) is 10.2. The fourth-order valence-electron chi connectivity index (χ4n) is 3.31. The minimum Gasteiger partial charge on any atom is -0.366 e. The van der Waals surface area contributed by atoms with E-state index in [2.05, 4.69) is 12.2 Å². The van der Waals surface area contributed by atoms with E-state index in [9.17, 15) is 14.9 Å². The van der Waals surface area contributed by atoms with Crippen molar-refractivity contribution in [3.8, 4) is 0 Å². The van der Waals surface area contributed by atoms with Crippen LogP contribution >= 0.6 is 11.6 Å².